The van der Waals surface area contributed by atoms with E-state index in [0.29, 0.717) is 5.92 Å². The lowest BCUT2D eigenvalue weighted by Crippen LogP contribution is -2.34. The summed E-state index contributed by atoms with van der Waals surface area (Å²) in [5.41, 5.74) is 4.39. The molecule has 4 aromatic rings. The second kappa shape index (κ2) is 10.5. The van der Waals surface area contributed by atoms with Crippen LogP contribution in [0.1, 0.15) is 30.1 Å². The van der Waals surface area contributed by atoms with Gasteiger partial charge in [0.1, 0.15) is 12.2 Å². The summed E-state index contributed by atoms with van der Waals surface area (Å²) in [5.74, 6) is 1.39. The molecule has 0 amide bonds. The molecule has 0 saturated carbocycles. The number of nitrogens with zero attached hydrogens (tertiary/aromatic N) is 6. The first-order valence-electron chi connectivity index (χ1n) is 10.5. The molecule has 0 spiro atoms. The maximum Gasteiger partial charge on any atom is 0.290 e. The molecule has 1 atom stereocenters. The van der Waals surface area contributed by atoms with Crippen molar-refractivity contribution in [1.82, 2.24) is 34.8 Å². The fourth-order valence-corrected chi connectivity index (χ4v) is 4.07. The van der Waals surface area contributed by atoms with E-state index >= 15 is 0 Å². The van der Waals surface area contributed by atoms with E-state index in [1.165, 1.54) is 5.56 Å². The van der Waals surface area contributed by atoms with Crippen LogP contribution in [0.5, 0.6) is 0 Å². The minimum Gasteiger partial charge on any atom is -0.483 e. The number of rotatable bonds is 5. The fourth-order valence-electron chi connectivity index (χ4n) is 4.07. The minimum absolute atomic E-state index is 0.250. The van der Waals surface area contributed by atoms with Crippen LogP contribution in [0.3, 0.4) is 0 Å². The second-order valence-corrected chi connectivity index (χ2v) is 7.57. The Balaban J connectivity index is 0.000000775. The topological polar surface area (TPSA) is 113 Å². The maximum absolute atomic E-state index is 8.36. The molecule has 9 heteroatoms. The summed E-state index contributed by atoms with van der Waals surface area (Å²) in [6, 6.07) is 14.3. The molecule has 3 aromatic heterocycles. The summed E-state index contributed by atoms with van der Waals surface area (Å²) < 4.78 is 1.98. The normalized spacial score (nSPS) is 16.2. The molecule has 1 aliphatic heterocycles. The van der Waals surface area contributed by atoms with E-state index in [1.807, 2.05) is 47.4 Å². The van der Waals surface area contributed by atoms with Crippen molar-refractivity contribution in [2.45, 2.75) is 25.3 Å². The molecule has 2 N–H and O–H groups in total. The smallest absolute Gasteiger partial charge is 0.290 e. The van der Waals surface area contributed by atoms with Crippen molar-refractivity contribution < 1.29 is 9.90 Å². The van der Waals surface area contributed by atoms with Crippen LogP contribution in [0.4, 0.5) is 0 Å². The molecule has 1 fully saturated rings. The molecule has 1 unspecified atom stereocenters. The number of carboxylic acid groups (broad SMARTS) is 1. The van der Waals surface area contributed by atoms with Crippen LogP contribution in [-0.2, 0) is 11.3 Å². The van der Waals surface area contributed by atoms with Gasteiger partial charge in [0, 0.05) is 48.7 Å². The number of nitrogens with one attached hydrogen (secondary N) is 1. The van der Waals surface area contributed by atoms with E-state index in [4.69, 9.17) is 15.0 Å². The van der Waals surface area contributed by atoms with E-state index in [0.717, 1.165) is 55.2 Å². The van der Waals surface area contributed by atoms with E-state index in [2.05, 4.69) is 43.4 Å². The summed E-state index contributed by atoms with van der Waals surface area (Å²) in [5, 5.41) is 18.9. The van der Waals surface area contributed by atoms with Crippen molar-refractivity contribution in [2.75, 3.05) is 13.1 Å². The fraction of sp³-hybridized carbons (Fsp3) is 0.261. The number of carbonyl (C=O) groups is 1. The number of hydrogen-bond donors (Lipinski definition) is 2. The Morgan fingerprint density at radius 3 is 2.66 bits per heavy atom. The first-order chi connectivity index (χ1) is 15.8. The highest BCUT2D eigenvalue weighted by Gasteiger charge is 2.25. The van der Waals surface area contributed by atoms with Crippen molar-refractivity contribution in [3.63, 3.8) is 0 Å². The Bertz CT molecular complexity index is 1100. The van der Waals surface area contributed by atoms with Gasteiger partial charge in [-0.05, 0) is 43.7 Å². The van der Waals surface area contributed by atoms with Crippen molar-refractivity contribution in [2.24, 2.45) is 0 Å². The summed E-state index contributed by atoms with van der Waals surface area (Å²) in [6.07, 6.45) is 9.70. The highest BCUT2D eigenvalue weighted by atomic mass is 16.3. The van der Waals surface area contributed by atoms with Gasteiger partial charge in [-0.1, -0.05) is 18.2 Å². The van der Waals surface area contributed by atoms with Crippen molar-refractivity contribution in [3.8, 4) is 16.9 Å². The van der Waals surface area contributed by atoms with Gasteiger partial charge in [-0.15, -0.1) is 0 Å². The number of benzene rings is 1. The number of aromatic nitrogens is 6. The van der Waals surface area contributed by atoms with Crippen LogP contribution in [0.15, 0.2) is 67.4 Å². The van der Waals surface area contributed by atoms with Gasteiger partial charge in [0.05, 0.1) is 11.4 Å². The Hall–Kier alpha value is -3.85. The van der Waals surface area contributed by atoms with Crippen LogP contribution in [0, 0.1) is 0 Å². The number of H-pyrrole nitrogens is 1. The Labute approximate surface area is 185 Å². The zero-order valence-corrected chi connectivity index (χ0v) is 17.6. The average Bonchev–Trinajstić information content (AvgIpc) is 3.52. The third kappa shape index (κ3) is 5.06. The zero-order chi connectivity index (χ0) is 22.2. The van der Waals surface area contributed by atoms with Gasteiger partial charge >= 0.3 is 0 Å². The number of pyridine rings is 1. The molecule has 9 nitrogen and oxygen atoms in total. The van der Waals surface area contributed by atoms with Gasteiger partial charge < -0.3 is 5.11 Å². The predicted molar refractivity (Wildman–Crippen MR) is 119 cm³/mol. The number of hydrogen-bond acceptors (Lipinski definition) is 6. The zero-order valence-electron chi connectivity index (χ0n) is 17.6. The summed E-state index contributed by atoms with van der Waals surface area (Å²) in [7, 11) is 0. The predicted octanol–water partition coefficient (Wildman–Crippen LogP) is 3.13. The quantitative estimate of drug-likeness (QED) is 0.467. The number of piperidine rings is 1. The van der Waals surface area contributed by atoms with Crippen LogP contribution >= 0.6 is 0 Å². The van der Waals surface area contributed by atoms with Gasteiger partial charge in [-0.2, -0.15) is 10.2 Å². The summed E-state index contributed by atoms with van der Waals surface area (Å²) in [4.78, 5) is 19.4. The number of para-hydroxylation sites is 1. The molecule has 32 heavy (non-hydrogen) atoms. The van der Waals surface area contributed by atoms with E-state index in [9.17, 15) is 0 Å². The first-order valence-corrected chi connectivity index (χ1v) is 10.5. The largest absolute Gasteiger partial charge is 0.483 e. The number of likely N-dealkylation sites (tertiary alicyclic amines) is 1. The van der Waals surface area contributed by atoms with E-state index in [-0.39, 0.29) is 6.47 Å². The molecular weight excluding hydrogens is 406 g/mol. The Kier molecular flexibility index (Phi) is 6.98. The van der Waals surface area contributed by atoms with Crippen LogP contribution in [-0.4, -0.2) is 59.5 Å². The van der Waals surface area contributed by atoms with Gasteiger partial charge in [-0.25, -0.2) is 9.67 Å². The van der Waals surface area contributed by atoms with Crippen LogP contribution in [0.2, 0.25) is 0 Å². The van der Waals surface area contributed by atoms with Crippen molar-refractivity contribution >= 4 is 6.47 Å². The highest BCUT2D eigenvalue weighted by molar-refractivity contribution is 5.62. The lowest BCUT2D eigenvalue weighted by atomic mass is 9.97. The molecule has 5 rings (SSSR count). The number of aromatic amines is 1. The Morgan fingerprint density at radius 1 is 1.16 bits per heavy atom. The second-order valence-electron chi connectivity index (χ2n) is 7.57. The molecule has 4 heterocycles. The third-order valence-electron chi connectivity index (χ3n) is 5.48. The van der Waals surface area contributed by atoms with Crippen LogP contribution < -0.4 is 0 Å². The lowest BCUT2D eigenvalue weighted by molar-refractivity contribution is -0.122. The molecule has 0 bridgehead atoms. The Morgan fingerprint density at radius 2 is 1.94 bits per heavy atom. The van der Waals surface area contributed by atoms with Gasteiger partial charge in [0.25, 0.3) is 6.47 Å². The van der Waals surface area contributed by atoms with Gasteiger partial charge in [-0.3, -0.25) is 19.8 Å². The maximum atomic E-state index is 8.36. The standard InChI is InChI=1S/C22H23N7.CH2O2/c1-2-6-20(7-3-1)29-15-19(21(27-29)17-8-10-23-11-9-17)14-28-12-4-5-18(13-28)22-24-16-25-26-22;2-1-3/h1-3,6-11,15-16,18H,4-5,12-14H2,(H,24,25,26);1H,(H,2,3). The minimum atomic E-state index is -0.250. The molecule has 1 aromatic carbocycles. The molecule has 164 valence electrons. The summed E-state index contributed by atoms with van der Waals surface area (Å²) >= 11 is 0. The van der Waals surface area contributed by atoms with Crippen molar-refractivity contribution in [3.05, 3.63) is 78.8 Å². The lowest BCUT2D eigenvalue weighted by Gasteiger charge is -2.31. The SMILES string of the molecule is O=CO.c1ccc(-n2cc(CN3CCCC(c4ncn[nH]4)C3)c(-c3ccncc3)n2)cc1. The van der Waals surface area contributed by atoms with Crippen LogP contribution in [0.25, 0.3) is 16.9 Å². The molecule has 0 radical (unpaired) electrons. The molecule has 1 aliphatic rings. The third-order valence-corrected chi connectivity index (χ3v) is 5.48. The molecule has 1 saturated heterocycles. The van der Waals surface area contributed by atoms with E-state index < -0.39 is 0 Å². The first kappa shape index (κ1) is 21.4. The van der Waals surface area contributed by atoms with Gasteiger partial charge in [0.15, 0.2) is 0 Å². The van der Waals surface area contributed by atoms with Gasteiger partial charge in [0.2, 0.25) is 0 Å². The average molecular weight is 432 g/mol. The van der Waals surface area contributed by atoms with E-state index in [1.54, 1.807) is 6.33 Å². The molecular formula is C23H25N7O2. The summed E-state index contributed by atoms with van der Waals surface area (Å²) in [6.45, 7) is 2.66. The highest BCUT2D eigenvalue weighted by Crippen LogP contribution is 2.28. The monoisotopic (exact) mass is 431 g/mol. The van der Waals surface area contributed by atoms with Crippen molar-refractivity contribution in [1.29, 1.82) is 0 Å². The molecule has 0 aliphatic carbocycles.